The topological polar surface area (TPSA) is 9.23 Å². The quantitative estimate of drug-likeness (QED) is 0.629. The second-order valence-electron chi connectivity index (χ2n) is 5.48. The molecule has 0 radical (unpaired) electrons. The Morgan fingerprint density at radius 2 is 2.13 bits per heavy atom. The Balaban J connectivity index is 2.22. The lowest BCUT2D eigenvalue weighted by Crippen LogP contribution is -2.46. The van der Waals surface area contributed by atoms with Crippen LogP contribution in [0.1, 0.15) is 40.5 Å². The van der Waals surface area contributed by atoms with Gasteiger partial charge in [0.15, 0.2) is 0 Å². The molecule has 2 rings (SSSR count). The van der Waals surface area contributed by atoms with Crippen LogP contribution in [0.25, 0.3) is 0 Å². The molecule has 2 bridgehead atoms. The van der Waals surface area contributed by atoms with Gasteiger partial charge >= 0.3 is 0 Å². The van der Waals surface area contributed by atoms with E-state index in [1.54, 1.807) is 5.57 Å². The molecule has 1 aliphatic carbocycles. The third kappa shape index (κ3) is 1.87. The second kappa shape index (κ2) is 4.29. The highest BCUT2D eigenvalue weighted by Crippen LogP contribution is 2.45. The summed E-state index contributed by atoms with van der Waals surface area (Å²) in [6, 6.07) is 0. The zero-order chi connectivity index (χ0) is 11.0. The molecule has 2 aliphatic rings. The molecule has 1 heterocycles. The number of hydrogen-bond donors (Lipinski definition) is 0. The largest absolute Gasteiger partial charge is 0.377 e. The van der Waals surface area contributed by atoms with Crippen molar-refractivity contribution in [3.8, 4) is 0 Å². The zero-order valence-corrected chi connectivity index (χ0v) is 10.5. The minimum atomic E-state index is 0.491. The molecule has 0 spiro atoms. The molecule has 1 aliphatic heterocycles. The van der Waals surface area contributed by atoms with E-state index >= 15 is 0 Å². The Labute approximate surface area is 93.9 Å². The summed E-state index contributed by atoms with van der Waals surface area (Å²) in [5.74, 6) is 2.97. The summed E-state index contributed by atoms with van der Waals surface area (Å²) in [6.45, 7) is 10.3. The highest BCUT2D eigenvalue weighted by atomic mass is 16.5. The van der Waals surface area contributed by atoms with E-state index in [0.717, 1.165) is 18.4 Å². The maximum absolute atomic E-state index is 6.06. The van der Waals surface area contributed by atoms with Gasteiger partial charge in [-0.05, 0) is 31.1 Å². The average molecular weight is 208 g/mol. The standard InChI is InChI=1S/C14H24O/c1-5-6-13-14-10(3)7-9(2)12(8-15-13)11(14)4/h7,9,11-14H,5-6,8H2,1-4H3/t9?,11?,12-,13?,14?/m0/s1. The molecule has 1 saturated heterocycles. The van der Waals surface area contributed by atoms with Crippen molar-refractivity contribution in [3.63, 3.8) is 0 Å². The van der Waals surface area contributed by atoms with Gasteiger partial charge in [0.05, 0.1) is 12.7 Å². The van der Waals surface area contributed by atoms with Crippen molar-refractivity contribution in [2.24, 2.45) is 23.7 Å². The van der Waals surface area contributed by atoms with Gasteiger partial charge in [0.25, 0.3) is 0 Å². The lowest BCUT2D eigenvalue weighted by molar-refractivity contribution is -0.0939. The van der Waals surface area contributed by atoms with Gasteiger partial charge in [0.2, 0.25) is 0 Å². The van der Waals surface area contributed by atoms with Gasteiger partial charge < -0.3 is 4.74 Å². The van der Waals surface area contributed by atoms with Crippen LogP contribution in [0.4, 0.5) is 0 Å². The fraction of sp³-hybridized carbons (Fsp3) is 0.857. The first-order chi connectivity index (χ1) is 7.15. The fourth-order valence-electron chi connectivity index (χ4n) is 3.63. The molecule has 0 amide bonds. The third-order valence-electron chi connectivity index (χ3n) is 4.45. The van der Waals surface area contributed by atoms with Gasteiger partial charge in [0.1, 0.15) is 0 Å². The van der Waals surface area contributed by atoms with Gasteiger partial charge in [-0.2, -0.15) is 0 Å². The van der Waals surface area contributed by atoms with Crippen molar-refractivity contribution < 1.29 is 4.74 Å². The third-order valence-corrected chi connectivity index (χ3v) is 4.45. The van der Waals surface area contributed by atoms with E-state index in [1.165, 1.54) is 12.8 Å². The van der Waals surface area contributed by atoms with Crippen LogP contribution in [0.3, 0.4) is 0 Å². The van der Waals surface area contributed by atoms with E-state index in [1.807, 2.05) is 0 Å². The van der Waals surface area contributed by atoms with Gasteiger partial charge in [0, 0.05) is 5.92 Å². The Morgan fingerprint density at radius 1 is 1.40 bits per heavy atom. The van der Waals surface area contributed by atoms with Crippen LogP contribution in [0, 0.1) is 23.7 Å². The van der Waals surface area contributed by atoms with E-state index in [2.05, 4.69) is 33.8 Å². The van der Waals surface area contributed by atoms with Crippen molar-refractivity contribution in [3.05, 3.63) is 11.6 Å². The summed E-state index contributed by atoms with van der Waals surface area (Å²) in [4.78, 5) is 0. The molecule has 4 unspecified atom stereocenters. The predicted molar refractivity (Wildman–Crippen MR) is 63.7 cm³/mol. The zero-order valence-electron chi connectivity index (χ0n) is 10.5. The van der Waals surface area contributed by atoms with Crippen LogP contribution in [0.2, 0.25) is 0 Å². The summed E-state index contributed by atoms with van der Waals surface area (Å²) in [5.41, 5.74) is 1.57. The molecule has 5 atom stereocenters. The Bertz CT molecular complexity index is 256. The summed E-state index contributed by atoms with van der Waals surface area (Å²) in [7, 11) is 0. The smallest absolute Gasteiger partial charge is 0.0642 e. The van der Waals surface area contributed by atoms with E-state index < -0.39 is 0 Å². The number of allylic oxidation sites excluding steroid dienone is 1. The van der Waals surface area contributed by atoms with Crippen LogP contribution in [-0.2, 0) is 4.74 Å². The normalized spacial score (nSPS) is 45.1. The average Bonchev–Trinajstić information content (AvgIpc) is 2.15. The highest BCUT2D eigenvalue weighted by molar-refractivity contribution is 5.16. The van der Waals surface area contributed by atoms with Crippen molar-refractivity contribution in [2.75, 3.05) is 6.61 Å². The lowest BCUT2D eigenvalue weighted by Gasteiger charge is -2.47. The molecule has 1 fully saturated rings. The monoisotopic (exact) mass is 208 g/mol. The SMILES string of the molecule is CCCC1OC[C@H]2C(C)C=C(C)C1C2C. The summed E-state index contributed by atoms with van der Waals surface area (Å²) in [5, 5.41) is 0. The maximum Gasteiger partial charge on any atom is 0.0642 e. The number of ether oxygens (including phenoxy) is 1. The van der Waals surface area contributed by atoms with Gasteiger partial charge in [-0.25, -0.2) is 0 Å². The highest BCUT2D eigenvalue weighted by Gasteiger charge is 2.42. The van der Waals surface area contributed by atoms with Crippen LogP contribution in [0.5, 0.6) is 0 Å². The Morgan fingerprint density at radius 3 is 2.80 bits per heavy atom. The number of hydrogen-bond acceptors (Lipinski definition) is 1. The molecule has 0 N–H and O–H groups in total. The first-order valence-corrected chi connectivity index (χ1v) is 6.45. The summed E-state index contributed by atoms with van der Waals surface area (Å²) < 4.78 is 6.06. The van der Waals surface area contributed by atoms with E-state index in [0.29, 0.717) is 17.9 Å². The van der Waals surface area contributed by atoms with Crippen molar-refractivity contribution in [1.82, 2.24) is 0 Å². The first-order valence-electron chi connectivity index (χ1n) is 6.45. The molecular weight excluding hydrogens is 184 g/mol. The number of rotatable bonds is 2. The Kier molecular flexibility index (Phi) is 3.20. The minimum Gasteiger partial charge on any atom is -0.377 e. The molecular formula is C14H24O. The predicted octanol–water partition coefficient (Wildman–Crippen LogP) is 3.65. The van der Waals surface area contributed by atoms with Gasteiger partial charge in [-0.15, -0.1) is 0 Å². The molecule has 0 aromatic carbocycles. The lowest BCUT2D eigenvalue weighted by atomic mass is 9.65. The molecule has 0 saturated carbocycles. The summed E-state index contributed by atoms with van der Waals surface area (Å²) >= 11 is 0. The van der Waals surface area contributed by atoms with Gasteiger partial charge in [-0.1, -0.05) is 38.8 Å². The van der Waals surface area contributed by atoms with Crippen molar-refractivity contribution in [2.45, 2.75) is 46.6 Å². The maximum atomic E-state index is 6.06. The van der Waals surface area contributed by atoms with Crippen LogP contribution >= 0.6 is 0 Å². The molecule has 0 aromatic rings. The van der Waals surface area contributed by atoms with E-state index in [4.69, 9.17) is 4.74 Å². The Hall–Kier alpha value is -0.300. The van der Waals surface area contributed by atoms with Crippen LogP contribution < -0.4 is 0 Å². The van der Waals surface area contributed by atoms with Gasteiger partial charge in [-0.3, -0.25) is 0 Å². The molecule has 0 aromatic heterocycles. The van der Waals surface area contributed by atoms with Crippen LogP contribution in [-0.4, -0.2) is 12.7 Å². The fourth-order valence-corrected chi connectivity index (χ4v) is 3.63. The van der Waals surface area contributed by atoms with E-state index in [9.17, 15) is 0 Å². The molecule has 15 heavy (non-hydrogen) atoms. The molecule has 1 heteroatoms. The number of fused-ring (bicyclic) bond motifs is 2. The molecule has 86 valence electrons. The van der Waals surface area contributed by atoms with E-state index in [-0.39, 0.29) is 0 Å². The first kappa shape index (κ1) is 11.2. The molecule has 1 nitrogen and oxygen atoms in total. The second-order valence-corrected chi connectivity index (χ2v) is 5.48. The minimum absolute atomic E-state index is 0.491. The summed E-state index contributed by atoms with van der Waals surface area (Å²) in [6.07, 6.45) is 5.44. The van der Waals surface area contributed by atoms with Crippen molar-refractivity contribution >= 4 is 0 Å². The van der Waals surface area contributed by atoms with Crippen molar-refractivity contribution in [1.29, 1.82) is 0 Å². The van der Waals surface area contributed by atoms with Crippen LogP contribution in [0.15, 0.2) is 11.6 Å².